The van der Waals surface area contributed by atoms with Crippen LogP contribution in [0, 0.1) is 17.2 Å². The molecule has 0 spiro atoms. The average molecular weight is 290 g/mol. The topological polar surface area (TPSA) is 76.7 Å². The Kier molecular flexibility index (Phi) is 5.57. The van der Waals surface area contributed by atoms with E-state index < -0.39 is 6.10 Å². The maximum Gasteiger partial charge on any atom is 0.119 e. The number of hydrogen-bond donors (Lipinski definition) is 2. The van der Waals surface area contributed by atoms with Gasteiger partial charge < -0.3 is 14.9 Å². The minimum Gasteiger partial charge on any atom is -0.491 e. The molecule has 0 bridgehead atoms. The molecule has 5 nitrogen and oxygen atoms in total. The first-order valence-electron chi connectivity index (χ1n) is 7.30. The van der Waals surface area contributed by atoms with Gasteiger partial charge in [0.05, 0.1) is 17.7 Å². The Bertz CT molecular complexity index is 483. The molecule has 2 N–H and O–H groups in total. The van der Waals surface area contributed by atoms with Gasteiger partial charge in [-0.1, -0.05) is 6.92 Å². The highest BCUT2D eigenvalue weighted by atomic mass is 16.5. The molecule has 1 aromatic carbocycles. The third-order valence-electron chi connectivity index (χ3n) is 3.90. The second-order valence-corrected chi connectivity index (χ2v) is 5.69. The van der Waals surface area contributed by atoms with Crippen LogP contribution in [0.4, 0.5) is 0 Å². The van der Waals surface area contributed by atoms with E-state index in [1.807, 2.05) is 13.0 Å². The summed E-state index contributed by atoms with van der Waals surface area (Å²) in [7, 11) is 0. The highest BCUT2D eigenvalue weighted by Gasteiger charge is 2.25. The van der Waals surface area contributed by atoms with E-state index in [1.165, 1.54) is 0 Å². The molecule has 3 atom stereocenters. The minimum atomic E-state index is -0.596. The number of rotatable bonds is 5. The molecule has 1 heterocycles. The Morgan fingerprint density at radius 3 is 2.76 bits per heavy atom. The second kappa shape index (κ2) is 7.41. The molecule has 114 valence electrons. The van der Waals surface area contributed by atoms with Crippen molar-refractivity contribution < 1.29 is 14.9 Å². The monoisotopic (exact) mass is 290 g/mol. The number of ether oxygens (including phenoxy) is 1. The standard InChI is InChI=1S/C16H22N2O3/c1-12-6-7-18(10-16(12)20)9-14(19)11-21-15-4-2-13(8-17)3-5-15/h2-5,12,14,16,19-20H,6-7,9-11H2,1H3. The van der Waals surface area contributed by atoms with Crippen LogP contribution >= 0.6 is 0 Å². The maximum atomic E-state index is 10.0. The molecule has 0 amide bonds. The van der Waals surface area contributed by atoms with Gasteiger partial charge in [0.2, 0.25) is 0 Å². The molecule has 0 saturated carbocycles. The summed E-state index contributed by atoms with van der Waals surface area (Å²) in [5, 5.41) is 28.6. The van der Waals surface area contributed by atoms with Crippen LogP contribution in [0.2, 0.25) is 0 Å². The molecule has 1 aromatic rings. The maximum absolute atomic E-state index is 10.0. The lowest BCUT2D eigenvalue weighted by molar-refractivity contribution is 0.000142. The van der Waals surface area contributed by atoms with Crippen LogP contribution in [0.5, 0.6) is 5.75 Å². The SMILES string of the molecule is CC1CCN(CC(O)COc2ccc(C#N)cc2)CC1O. The summed E-state index contributed by atoms with van der Waals surface area (Å²) in [6, 6.07) is 8.85. The summed E-state index contributed by atoms with van der Waals surface area (Å²) in [6.45, 7) is 4.25. The molecule has 3 unspecified atom stereocenters. The first-order valence-corrected chi connectivity index (χ1v) is 7.30. The molecule has 1 aliphatic heterocycles. The zero-order chi connectivity index (χ0) is 15.2. The van der Waals surface area contributed by atoms with Gasteiger partial charge in [-0.2, -0.15) is 5.26 Å². The molecule has 0 radical (unpaired) electrons. The van der Waals surface area contributed by atoms with Crippen LogP contribution < -0.4 is 4.74 Å². The zero-order valence-electron chi connectivity index (χ0n) is 12.3. The van der Waals surface area contributed by atoms with Crippen LogP contribution in [0.1, 0.15) is 18.9 Å². The lowest BCUT2D eigenvalue weighted by atomic mass is 9.96. The summed E-state index contributed by atoms with van der Waals surface area (Å²) in [6.07, 6.45) is 0.0383. The van der Waals surface area contributed by atoms with E-state index in [-0.39, 0.29) is 12.7 Å². The van der Waals surface area contributed by atoms with Gasteiger partial charge in [-0.05, 0) is 43.1 Å². The summed E-state index contributed by atoms with van der Waals surface area (Å²) < 4.78 is 5.51. The number of aliphatic hydroxyl groups excluding tert-OH is 2. The third kappa shape index (κ3) is 4.71. The highest BCUT2D eigenvalue weighted by molar-refractivity contribution is 5.34. The quantitative estimate of drug-likeness (QED) is 0.846. The molecule has 21 heavy (non-hydrogen) atoms. The van der Waals surface area contributed by atoms with Gasteiger partial charge in [0.25, 0.3) is 0 Å². The zero-order valence-corrected chi connectivity index (χ0v) is 12.3. The summed E-state index contributed by atoms with van der Waals surface area (Å²) in [5.41, 5.74) is 0.583. The van der Waals surface area contributed by atoms with Gasteiger partial charge in [0.15, 0.2) is 0 Å². The van der Waals surface area contributed by atoms with E-state index in [4.69, 9.17) is 10.00 Å². The number of piperidine rings is 1. The lowest BCUT2D eigenvalue weighted by Crippen LogP contribution is -2.46. The van der Waals surface area contributed by atoms with Crippen molar-refractivity contribution in [2.75, 3.05) is 26.2 Å². The number of β-amino-alcohol motifs (C(OH)–C–C–N with tert-alkyl or cyclic N) is 2. The molecule has 1 aliphatic rings. The molecule has 2 rings (SSSR count). The van der Waals surface area contributed by atoms with Crippen molar-refractivity contribution in [2.24, 2.45) is 5.92 Å². The van der Waals surface area contributed by atoms with E-state index >= 15 is 0 Å². The van der Waals surface area contributed by atoms with Gasteiger partial charge in [-0.3, -0.25) is 4.90 Å². The van der Waals surface area contributed by atoms with Gasteiger partial charge in [-0.25, -0.2) is 0 Å². The van der Waals surface area contributed by atoms with Crippen molar-refractivity contribution in [1.29, 1.82) is 5.26 Å². The van der Waals surface area contributed by atoms with Crippen molar-refractivity contribution in [3.8, 4) is 11.8 Å². The van der Waals surface area contributed by atoms with E-state index in [0.29, 0.717) is 30.3 Å². The number of nitrogens with zero attached hydrogens (tertiary/aromatic N) is 2. The van der Waals surface area contributed by atoms with Gasteiger partial charge in [0.1, 0.15) is 18.5 Å². The predicted molar refractivity (Wildman–Crippen MR) is 78.9 cm³/mol. The van der Waals surface area contributed by atoms with Crippen LogP contribution in [0.25, 0.3) is 0 Å². The number of hydrogen-bond acceptors (Lipinski definition) is 5. The third-order valence-corrected chi connectivity index (χ3v) is 3.90. The van der Waals surface area contributed by atoms with Gasteiger partial charge in [0, 0.05) is 13.1 Å². The fourth-order valence-corrected chi connectivity index (χ4v) is 2.45. The average Bonchev–Trinajstić information content (AvgIpc) is 2.49. The predicted octanol–water partition coefficient (Wildman–Crippen LogP) is 1.00. The van der Waals surface area contributed by atoms with Crippen LogP contribution in [-0.2, 0) is 0 Å². The fraction of sp³-hybridized carbons (Fsp3) is 0.562. The first-order chi connectivity index (χ1) is 10.1. The number of benzene rings is 1. The lowest BCUT2D eigenvalue weighted by Gasteiger charge is -2.35. The van der Waals surface area contributed by atoms with Crippen molar-refractivity contribution in [3.63, 3.8) is 0 Å². The summed E-state index contributed by atoms with van der Waals surface area (Å²) in [5.74, 6) is 0.966. The second-order valence-electron chi connectivity index (χ2n) is 5.69. The molecule has 0 aromatic heterocycles. The van der Waals surface area contributed by atoms with E-state index in [9.17, 15) is 10.2 Å². The molecular weight excluding hydrogens is 268 g/mol. The molecule has 5 heteroatoms. The Morgan fingerprint density at radius 2 is 2.14 bits per heavy atom. The number of aliphatic hydroxyl groups is 2. The fourth-order valence-electron chi connectivity index (χ4n) is 2.45. The van der Waals surface area contributed by atoms with E-state index in [0.717, 1.165) is 13.0 Å². The Hall–Kier alpha value is -1.61. The Morgan fingerprint density at radius 1 is 1.43 bits per heavy atom. The Balaban J connectivity index is 1.74. The number of likely N-dealkylation sites (tertiary alicyclic amines) is 1. The summed E-state index contributed by atoms with van der Waals surface area (Å²) in [4.78, 5) is 2.07. The van der Waals surface area contributed by atoms with Crippen LogP contribution in [0.15, 0.2) is 24.3 Å². The normalized spacial score (nSPS) is 24.3. The molecule has 1 saturated heterocycles. The first kappa shape index (κ1) is 15.8. The van der Waals surface area contributed by atoms with Crippen molar-refractivity contribution in [2.45, 2.75) is 25.6 Å². The molecule has 0 aliphatic carbocycles. The molecule has 1 fully saturated rings. The largest absolute Gasteiger partial charge is 0.491 e. The van der Waals surface area contributed by atoms with Gasteiger partial charge in [-0.15, -0.1) is 0 Å². The Labute approximate surface area is 125 Å². The van der Waals surface area contributed by atoms with Gasteiger partial charge >= 0.3 is 0 Å². The number of nitriles is 1. The smallest absolute Gasteiger partial charge is 0.119 e. The van der Waals surface area contributed by atoms with Crippen molar-refractivity contribution in [3.05, 3.63) is 29.8 Å². The van der Waals surface area contributed by atoms with Crippen LogP contribution in [-0.4, -0.2) is 53.6 Å². The van der Waals surface area contributed by atoms with Crippen molar-refractivity contribution in [1.82, 2.24) is 4.90 Å². The highest BCUT2D eigenvalue weighted by Crippen LogP contribution is 2.17. The molecular formula is C16H22N2O3. The van der Waals surface area contributed by atoms with Crippen LogP contribution in [0.3, 0.4) is 0 Å². The van der Waals surface area contributed by atoms with E-state index in [1.54, 1.807) is 24.3 Å². The minimum absolute atomic E-state index is 0.202. The summed E-state index contributed by atoms with van der Waals surface area (Å²) >= 11 is 0. The van der Waals surface area contributed by atoms with E-state index in [2.05, 4.69) is 4.90 Å². The van der Waals surface area contributed by atoms with Crippen molar-refractivity contribution >= 4 is 0 Å².